The molecule has 1 aromatic heterocycles. The summed E-state index contributed by atoms with van der Waals surface area (Å²) in [6.45, 7) is 7.52. The Labute approximate surface area is 123 Å². The van der Waals surface area contributed by atoms with Crippen LogP contribution in [0.5, 0.6) is 0 Å². The Bertz CT molecular complexity index is 450. The van der Waals surface area contributed by atoms with Crippen LogP contribution in [-0.2, 0) is 6.54 Å². The summed E-state index contributed by atoms with van der Waals surface area (Å²) < 4.78 is 0. The fraction of sp³-hybridized carbons (Fsp3) is 0.688. The predicted molar refractivity (Wildman–Crippen MR) is 85.4 cm³/mol. The van der Waals surface area contributed by atoms with E-state index in [2.05, 4.69) is 49.1 Å². The van der Waals surface area contributed by atoms with Crippen molar-refractivity contribution < 1.29 is 0 Å². The van der Waals surface area contributed by atoms with Crippen molar-refractivity contribution in [3.05, 3.63) is 22.9 Å². The van der Waals surface area contributed by atoms with E-state index in [1.165, 1.54) is 37.1 Å². The lowest BCUT2D eigenvalue weighted by Crippen LogP contribution is -2.42. The minimum Gasteiger partial charge on any atom is -0.356 e. The van der Waals surface area contributed by atoms with Crippen LogP contribution in [0.4, 0.5) is 5.82 Å². The summed E-state index contributed by atoms with van der Waals surface area (Å²) in [6, 6.07) is 2.79. The molecule has 0 radical (unpaired) electrons. The van der Waals surface area contributed by atoms with Gasteiger partial charge in [0.15, 0.2) is 0 Å². The standard InChI is InChI=1S/C16H28N4/c1-12-10-13(2)18-16(15(12)11-17-3)20(5)14-6-8-19(4)9-7-14/h10,14,17H,6-9,11H2,1-5H3. The van der Waals surface area contributed by atoms with E-state index in [9.17, 15) is 0 Å². The molecular weight excluding hydrogens is 248 g/mol. The molecule has 2 heterocycles. The zero-order valence-corrected chi connectivity index (χ0v) is 13.5. The number of aromatic nitrogens is 1. The largest absolute Gasteiger partial charge is 0.356 e. The van der Waals surface area contributed by atoms with E-state index in [-0.39, 0.29) is 0 Å². The Hall–Kier alpha value is -1.13. The molecular formula is C16H28N4. The Morgan fingerprint density at radius 3 is 2.60 bits per heavy atom. The molecule has 0 saturated carbocycles. The molecule has 20 heavy (non-hydrogen) atoms. The van der Waals surface area contributed by atoms with Crippen molar-refractivity contribution in [2.24, 2.45) is 0 Å². The highest BCUT2D eigenvalue weighted by atomic mass is 15.2. The average molecular weight is 276 g/mol. The molecule has 0 unspecified atom stereocenters. The first kappa shape index (κ1) is 15.3. The van der Waals surface area contributed by atoms with Crippen molar-refractivity contribution in [3.63, 3.8) is 0 Å². The van der Waals surface area contributed by atoms with Crippen LogP contribution in [0.1, 0.15) is 29.7 Å². The molecule has 1 fully saturated rings. The van der Waals surface area contributed by atoms with Crippen LogP contribution in [0, 0.1) is 13.8 Å². The lowest BCUT2D eigenvalue weighted by atomic mass is 10.0. The summed E-state index contributed by atoms with van der Waals surface area (Å²) in [6.07, 6.45) is 2.45. The van der Waals surface area contributed by atoms with Crippen LogP contribution in [0.2, 0.25) is 0 Å². The van der Waals surface area contributed by atoms with Gasteiger partial charge >= 0.3 is 0 Å². The highest BCUT2D eigenvalue weighted by molar-refractivity contribution is 5.52. The molecule has 112 valence electrons. The van der Waals surface area contributed by atoms with Gasteiger partial charge in [0, 0.05) is 30.9 Å². The van der Waals surface area contributed by atoms with Gasteiger partial charge in [0.25, 0.3) is 0 Å². The first-order valence-corrected chi connectivity index (χ1v) is 7.56. The van der Waals surface area contributed by atoms with Crippen LogP contribution in [-0.4, -0.2) is 50.2 Å². The number of likely N-dealkylation sites (tertiary alicyclic amines) is 1. The molecule has 1 aliphatic rings. The number of pyridine rings is 1. The zero-order valence-electron chi connectivity index (χ0n) is 13.5. The van der Waals surface area contributed by atoms with Crippen molar-refractivity contribution in [2.75, 3.05) is 39.1 Å². The van der Waals surface area contributed by atoms with Crippen molar-refractivity contribution in [2.45, 2.75) is 39.3 Å². The van der Waals surface area contributed by atoms with Crippen LogP contribution in [0.25, 0.3) is 0 Å². The number of hydrogen-bond donors (Lipinski definition) is 1. The molecule has 1 saturated heterocycles. The maximum atomic E-state index is 4.82. The monoisotopic (exact) mass is 276 g/mol. The van der Waals surface area contributed by atoms with Gasteiger partial charge in [-0.05, 0) is 65.5 Å². The van der Waals surface area contributed by atoms with Gasteiger partial charge in [-0.1, -0.05) is 0 Å². The molecule has 0 spiro atoms. The van der Waals surface area contributed by atoms with E-state index >= 15 is 0 Å². The van der Waals surface area contributed by atoms with Gasteiger partial charge in [0.05, 0.1) is 0 Å². The molecule has 1 aliphatic heterocycles. The van der Waals surface area contributed by atoms with E-state index in [0.717, 1.165) is 18.1 Å². The SMILES string of the molecule is CNCc1c(C)cc(C)nc1N(C)C1CCN(C)CC1. The van der Waals surface area contributed by atoms with E-state index < -0.39 is 0 Å². The lowest BCUT2D eigenvalue weighted by molar-refractivity contribution is 0.252. The Morgan fingerprint density at radius 1 is 1.35 bits per heavy atom. The van der Waals surface area contributed by atoms with Gasteiger partial charge in [0.1, 0.15) is 5.82 Å². The van der Waals surface area contributed by atoms with Crippen molar-refractivity contribution in [1.82, 2.24) is 15.2 Å². The highest BCUT2D eigenvalue weighted by Crippen LogP contribution is 2.26. The second-order valence-corrected chi connectivity index (χ2v) is 6.06. The number of hydrogen-bond acceptors (Lipinski definition) is 4. The van der Waals surface area contributed by atoms with E-state index in [0.29, 0.717) is 6.04 Å². The fourth-order valence-corrected chi connectivity index (χ4v) is 3.09. The molecule has 2 rings (SSSR count). The summed E-state index contributed by atoms with van der Waals surface area (Å²) >= 11 is 0. The maximum Gasteiger partial charge on any atom is 0.133 e. The Kier molecular flexibility index (Phi) is 5.00. The third-order valence-corrected chi connectivity index (χ3v) is 4.38. The van der Waals surface area contributed by atoms with Crippen LogP contribution in [0.3, 0.4) is 0 Å². The van der Waals surface area contributed by atoms with Gasteiger partial charge in [0.2, 0.25) is 0 Å². The van der Waals surface area contributed by atoms with Gasteiger partial charge < -0.3 is 15.1 Å². The van der Waals surface area contributed by atoms with Crippen molar-refractivity contribution in [1.29, 1.82) is 0 Å². The van der Waals surface area contributed by atoms with Gasteiger partial charge in [-0.3, -0.25) is 0 Å². The van der Waals surface area contributed by atoms with E-state index in [1.807, 2.05) is 7.05 Å². The van der Waals surface area contributed by atoms with Crippen LogP contribution in [0.15, 0.2) is 6.07 Å². The number of aryl methyl sites for hydroxylation is 2. The topological polar surface area (TPSA) is 31.4 Å². The molecule has 1 aromatic rings. The fourth-order valence-electron chi connectivity index (χ4n) is 3.09. The lowest BCUT2D eigenvalue weighted by Gasteiger charge is -2.37. The molecule has 0 atom stereocenters. The number of nitrogens with zero attached hydrogens (tertiary/aromatic N) is 3. The number of rotatable bonds is 4. The summed E-state index contributed by atoms with van der Waals surface area (Å²) in [7, 11) is 6.41. The summed E-state index contributed by atoms with van der Waals surface area (Å²) in [4.78, 5) is 9.63. The highest BCUT2D eigenvalue weighted by Gasteiger charge is 2.23. The van der Waals surface area contributed by atoms with Crippen LogP contribution >= 0.6 is 0 Å². The second-order valence-electron chi connectivity index (χ2n) is 6.06. The van der Waals surface area contributed by atoms with E-state index in [1.54, 1.807) is 0 Å². The van der Waals surface area contributed by atoms with Gasteiger partial charge in [-0.25, -0.2) is 4.98 Å². The molecule has 0 aliphatic carbocycles. The molecule has 0 aromatic carbocycles. The first-order valence-electron chi connectivity index (χ1n) is 7.56. The summed E-state index contributed by atoms with van der Waals surface area (Å²) in [5, 5.41) is 3.27. The molecule has 4 heteroatoms. The summed E-state index contributed by atoms with van der Waals surface area (Å²) in [5.41, 5.74) is 3.78. The van der Waals surface area contributed by atoms with Gasteiger partial charge in [-0.15, -0.1) is 0 Å². The molecule has 1 N–H and O–H groups in total. The minimum atomic E-state index is 0.607. The maximum absolute atomic E-state index is 4.82. The average Bonchev–Trinajstić information content (AvgIpc) is 2.41. The second kappa shape index (κ2) is 6.55. The number of nitrogens with one attached hydrogen (secondary N) is 1. The van der Waals surface area contributed by atoms with Crippen LogP contribution < -0.4 is 10.2 Å². The third-order valence-electron chi connectivity index (χ3n) is 4.38. The van der Waals surface area contributed by atoms with Crippen molar-refractivity contribution >= 4 is 5.82 Å². The third kappa shape index (κ3) is 3.30. The van der Waals surface area contributed by atoms with E-state index in [4.69, 9.17) is 4.98 Å². The molecule has 4 nitrogen and oxygen atoms in total. The minimum absolute atomic E-state index is 0.607. The Morgan fingerprint density at radius 2 is 2.00 bits per heavy atom. The normalized spacial score (nSPS) is 17.4. The number of anilines is 1. The first-order chi connectivity index (χ1) is 9.52. The smallest absolute Gasteiger partial charge is 0.133 e. The zero-order chi connectivity index (χ0) is 14.7. The predicted octanol–water partition coefficient (Wildman–Crippen LogP) is 1.95. The molecule has 0 amide bonds. The quantitative estimate of drug-likeness (QED) is 0.911. The van der Waals surface area contributed by atoms with Gasteiger partial charge in [-0.2, -0.15) is 0 Å². The van der Waals surface area contributed by atoms with Crippen molar-refractivity contribution in [3.8, 4) is 0 Å². The number of piperidine rings is 1. The Balaban J connectivity index is 2.26. The summed E-state index contributed by atoms with van der Waals surface area (Å²) in [5.74, 6) is 1.16. The molecule has 0 bridgehead atoms.